The van der Waals surface area contributed by atoms with Gasteiger partial charge in [0.15, 0.2) is 5.75 Å². The Bertz CT molecular complexity index is 1210. The minimum absolute atomic E-state index is 0.0165. The molecule has 0 bridgehead atoms. The Morgan fingerprint density at radius 3 is 2.51 bits per heavy atom. The Morgan fingerprint density at radius 2 is 1.94 bits per heavy atom. The van der Waals surface area contributed by atoms with Gasteiger partial charge in [-0.15, -0.1) is 0 Å². The molecule has 13 heteroatoms. The van der Waals surface area contributed by atoms with Gasteiger partial charge in [0.2, 0.25) is 11.7 Å². The van der Waals surface area contributed by atoms with Gasteiger partial charge >= 0.3 is 6.18 Å². The summed E-state index contributed by atoms with van der Waals surface area (Å²) in [7, 11) is 0. The number of rotatable bonds is 8. The molecule has 0 spiro atoms. The van der Waals surface area contributed by atoms with Crippen LogP contribution in [0.15, 0.2) is 47.4 Å². The summed E-state index contributed by atoms with van der Waals surface area (Å²) >= 11 is 0. The molecule has 1 atom stereocenters. The molecule has 10 nitrogen and oxygen atoms in total. The van der Waals surface area contributed by atoms with E-state index < -0.39 is 40.9 Å². The van der Waals surface area contributed by atoms with Gasteiger partial charge in [0.1, 0.15) is 17.1 Å². The van der Waals surface area contributed by atoms with Gasteiger partial charge in [-0.25, -0.2) is 9.97 Å². The van der Waals surface area contributed by atoms with Crippen LogP contribution in [-0.2, 0) is 17.5 Å². The van der Waals surface area contributed by atoms with Crippen molar-refractivity contribution in [3.05, 3.63) is 65.6 Å². The molecule has 3 aromatic rings. The molecule has 1 unspecified atom stereocenters. The molecule has 1 fully saturated rings. The molecule has 184 valence electrons. The summed E-state index contributed by atoms with van der Waals surface area (Å²) in [5.41, 5.74) is -2.01. The lowest BCUT2D eigenvalue weighted by Gasteiger charge is -2.16. The van der Waals surface area contributed by atoms with Crippen LogP contribution < -0.4 is 15.4 Å². The Labute approximate surface area is 196 Å². The van der Waals surface area contributed by atoms with E-state index in [0.29, 0.717) is 12.8 Å². The van der Waals surface area contributed by atoms with Gasteiger partial charge in [-0.3, -0.25) is 9.59 Å². The summed E-state index contributed by atoms with van der Waals surface area (Å²) in [6, 6.07) is 4.63. The van der Waals surface area contributed by atoms with Gasteiger partial charge in [0.25, 0.3) is 5.91 Å². The van der Waals surface area contributed by atoms with Crippen LogP contribution in [0.2, 0.25) is 0 Å². The van der Waals surface area contributed by atoms with Crippen LogP contribution in [0.4, 0.5) is 13.2 Å². The molecule has 1 aromatic carbocycles. The number of ether oxygens (including phenoxy) is 1. The fourth-order valence-corrected chi connectivity index (χ4v) is 3.21. The second-order valence-corrected chi connectivity index (χ2v) is 7.96. The number of carbonyl (C=O) groups excluding carboxylic acids is 2. The zero-order chi connectivity index (χ0) is 25.2. The first kappa shape index (κ1) is 24.1. The highest BCUT2D eigenvalue weighted by Gasteiger charge is 2.51. The molecule has 4 rings (SSSR count). The quantitative estimate of drug-likeness (QED) is 0.437. The van der Waals surface area contributed by atoms with E-state index in [1.54, 1.807) is 0 Å². The summed E-state index contributed by atoms with van der Waals surface area (Å²) in [4.78, 5) is 32.7. The normalized spacial score (nSPS) is 15.2. The third-order valence-corrected chi connectivity index (χ3v) is 5.31. The molecule has 35 heavy (non-hydrogen) atoms. The zero-order valence-electron chi connectivity index (χ0n) is 18.3. The summed E-state index contributed by atoms with van der Waals surface area (Å²) in [5.74, 6) is -1.34. The highest BCUT2D eigenvalue weighted by atomic mass is 19.4. The van der Waals surface area contributed by atoms with Gasteiger partial charge in [-0.1, -0.05) is 11.2 Å². The van der Waals surface area contributed by atoms with Crippen LogP contribution in [0.3, 0.4) is 0 Å². The van der Waals surface area contributed by atoms with Gasteiger partial charge in [-0.05, 0) is 37.5 Å². The lowest BCUT2D eigenvalue weighted by Crippen LogP contribution is -2.48. The summed E-state index contributed by atoms with van der Waals surface area (Å²) in [6.07, 6.45) is -1.22. The number of hydrogen-bond donors (Lipinski definition) is 3. The average Bonchev–Trinajstić information content (AvgIpc) is 3.38. The molecule has 2 amide bonds. The van der Waals surface area contributed by atoms with E-state index in [-0.39, 0.29) is 29.4 Å². The van der Waals surface area contributed by atoms with Crippen molar-refractivity contribution < 1.29 is 37.1 Å². The standard InChI is InChI=1S/C22H20F3N5O5/c1-12(31)13-2-3-16(15(8-13)22(23,24)25)34-14-9-26-18(27-10-14)11-28-20(33)21(5-6-21)30-19(32)17-4-7-29-35-17/h2-4,7-10,12,31H,5-6,11H2,1H3,(H,28,33)(H,30,32). The van der Waals surface area contributed by atoms with Crippen LogP contribution in [-0.4, -0.2) is 37.6 Å². The first-order valence-electron chi connectivity index (χ1n) is 10.5. The Balaban J connectivity index is 1.37. The van der Waals surface area contributed by atoms with Gasteiger partial charge in [-0.2, -0.15) is 13.2 Å². The maximum absolute atomic E-state index is 13.4. The first-order valence-corrected chi connectivity index (χ1v) is 10.5. The molecule has 2 heterocycles. The van der Waals surface area contributed by atoms with E-state index in [1.165, 1.54) is 37.6 Å². The van der Waals surface area contributed by atoms with E-state index in [4.69, 9.17) is 9.26 Å². The zero-order valence-corrected chi connectivity index (χ0v) is 18.3. The monoisotopic (exact) mass is 491 g/mol. The third-order valence-electron chi connectivity index (χ3n) is 5.31. The van der Waals surface area contributed by atoms with Crippen molar-refractivity contribution in [1.29, 1.82) is 0 Å². The smallest absolute Gasteiger partial charge is 0.419 e. The molecule has 1 aliphatic rings. The van der Waals surface area contributed by atoms with Crippen molar-refractivity contribution in [2.45, 2.75) is 44.1 Å². The van der Waals surface area contributed by atoms with Gasteiger partial charge in [0.05, 0.1) is 36.8 Å². The number of halogens is 3. The Kier molecular flexibility index (Phi) is 6.43. The lowest BCUT2D eigenvalue weighted by molar-refractivity contribution is -0.138. The minimum Gasteiger partial charge on any atom is -0.453 e. The number of aromatic nitrogens is 3. The number of nitrogens with zero attached hydrogens (tertiary/aromatic N) is 3. The largest absolute Gasteiger partial charge is 0.453 e. The number of aliphatic hydroxyl groups excluding tert-OH is 1. The average molecular weight is 491 g/mol. The van der Waals surface area contributed by atoms with Crippen LogP contribution in [0, 0.1) is 0 Å². The van der Waals surface area contributed by atoms with E-state index in [1.807, 2.05) is 0 Å². The highest BCUT2D eigenvalue weighted by molar-refractivity contribution is 5.99. The molecule has 3 N–H and O–H groups in total. The van der Waals surface area contributed by atoms with Crippen molar-refractivity contribution in [3.63, 3.8) is 0 Å². The van der Waals surface area contributed by atoms with Crippen molar-refractivity contribution in [2.24, 2.45) is 0 Å². The minimum atomic E-state index is -4.70. The number of carbonyl (C=O) groups is 2. The number of hydrogen-bond acceptors (Lipinski definition) is 8. The van der Waals surface area contributed by atoms with E-state index in [9.17, 15) is 27.9 Å². The molecule has 1 saturated carbocycles. The fraction of sp³-hybridized carbons (Fsp3) is 0.318. The number of alkyl halides is 3. The number of benzene rings is 1. The lowest BCUT2D eigenvalue weighted by atomic mass is 10.1. The maximum Gasteiger partial charge on any atom is 0.419 e. The fourth-order valence-electron chi connectivity index (χ4n) is 3.21. The van der Waals surface area contributed by atoms with Crippen LogP contribution >= 0.6 is 0 Å². The number of aliphatic hydroxyl groups is 1. The topological polar surface area (TPSA) is 139 Å². The molecule has 0 saturated heterocycles. The summed E-state index contributed by atoms with van der Waals surface area (Å²) < 4.78 is 50.4. The highest BCUT2D eigenvalue weighted by Crippen LogP contribution is 2.39. The van der Waals surface area contributed by atoms with Gasteiger partial charge < -0.3 is 25.0 Å². The maximum atomic E-state index is 13.4. The predicted octanol–water partition coefficient (Wildman–Crippen LogP) is 2.91. The molecular formula is C22H20F3N5O5. The van der Waals surface area contributed by atoms with Crippen LogP contribution in [0.5, 0.6) is 11.5 Å². The number of nitrogens with one attached hydrogen (secondary N) is 2. The summed E-state index contributed by atoms with van der Waals surface area (Å²) in [6.45, 7) is 1.28. The van der Waals surface area contributed by atoms with Crippen molar-refractivity contribution in [3.8, 4) is 11.5 Å². The van der Waals surface area contributed by atoms with Crippen LogP contribution in [0.25, 0.3) is 0 Å². The third kappa shape index (κ3) is 5.57. The molecule has 1 aliphatic carbocycles. The predicted molar refractivity (Wildman–Crippen MR) is 112 cm³/mol. The van der Waals surface area contributed by atoms with Gasteiger partial charge in [0, 0.05) is 6.07 Å². The second-order valence-electron chi connectivity index (χ2n) is 7.96. The van der Waals surface area contributed by atoms with Crippen molar-refractivity contribution in [1.82, 2.24) is 25.8 Å². The Hall–Kier alpha value is -4.00. The van der Waals surface area contributed by atoms with Crippen molar-refractivity contribution >= 4 is 11.8 Å². The molecular weight excluding hydrogens is 471 g/mol. The molecule has 0 aliphatic heterocycles. The molecule has 0 radical (unpaired) electrons. The van der Waals surface area contributed by atoms with E-state index in [2.05, 4.69) is 25.8 Å². The second kappa shape index (κ2) is 9.33. The van der Waals surface area contributed by atoms with E-state index >= 15 is 0 Å². The SMILES string of the molecule is CC(O)c1ccc(Oc2cnc(CNC(=O)C3(NC(=O)c4ccno4)CC3)nc2)c(C(F)(F)F)c1. The van der Waals surface area contributed by atoms with E-state index in [0.717, 1.165) is 12.1 Å². The van der Waals surface area contributed by atoms with Crippen molar-refractivity contribution in [2.75, 3.05) is 0 Å². The molecule has 2 aromatic heterocycles. The number of amides is 2. The Morgan fingerprint density at radius 1 is 1.23 bits per heavy atom. The first-order chi connectivity index (χ1) is 16.6. The van der Waals surface area contributed by atoms with Crippen LogP contribution in [0.1, 0.15) is 53.4 Å². The summed E-state index contributed by atoms with van der Waals surface area (Å²) in [5, 5.41) is 18.3.